The molecule has 240 valence electrons. The van der Waals surface area contributed by atoms with Gasteiger partial charge in [-0.25, -0.2) is 0 Å². The van der Waals surface area contributed by atoms with Gasteiger partial charge in [-0.1, -0.05) is 119 Å². The second-order valence-corrected chi connectivity index (χ2v) is 15.7. The maximum absolute atomic E-state index is 7.18. The second-order valence-electron chi connectivity index (χ2n) is 14.4. The van der Waals surface area contributed by atoms with Crippen molar-refractivity contribution in [3.63, 3.8) is 0 Å². The van der Waals surface area contributed by atoms with Gasteiger partial charge in [0.1, 0.15) is 0 Å². The smallest absolute Gasteiger partial charge is 0.449 e. The highest BCUT2D eigenvalue weighted by Crippen LogP contribution is 2.38. The van der Waals surface area contributed by atoms with E-state index in [1.807, 2.05) is 0 Å². The van der Waals surface area contributed by atoms with Crippen LogP contribution in [-0.4, -0.2) is 32.0 Å². The predicted molar refractivity (Wildman–Crippen MR) is 179 cm³/mol. The van der Waals surface area contributed by atoms with Crippen LogP contribution in [0.2, 0.25) is 0 Å². The lowest BCUT2D eigenvalue weighted by Crippen LogP contribution is -2.52. The van der Waals surface area contributed by atoms with E-state index < -0.39 is 15.1 Å². The van der Waals surface area contributed by atoms with E-state index in [0.29, 0.717) is 17.8 Å². The highest BCUT2D eigenvalue weighted by Gasteiger charge is 2.49. The Hall–Kier alpha value is 0.412. The van der Waals surface area contributed by atoms with E-state index in [1.165, 1.54) is 116 Å². The van der Waals surface area contributed by atoms with Crippen LogP contribution in [0.15, 0.2) is 0 Å². The minimum Gasteiger partial charge on any atom is -0.449 e. The molecule has 0 fully saturated rings. The molecule has 0 N–H and O–H groups in total. The predicted octanol–water partition coefficient (Wildman–Crippen LogP) is 12.3. The molecule has 0 atom stereocenters. The largest absolute Gasteiger partial charge is 0.906 e. The number of rotatable bonds is 27. The standard InChI is InChI=1S/3C12H25O.Al/c3*1-5-7-9-11(10-8-6-2)12(3,4)13;/h3*11H,5-10H2,1-4H3;/q3*-1;+3. The van der Waals surface area contributed by atoms with Gasteiger partial charge in [-0.15, -0.1) is 0 Å². The maximum Gasteiger partial charge on any atom is 0.906 e. The van der Waals surface area contributed by atoms with E-state index in [4.69, 9.17) is 11.4 Å². The summed E-state index contributed by atoms with van der Waals surface area (Å²) in [5, 5.41) is 0. The molecule has 0 rings (SSSR count). The number of hydrogen-bond donors (Lipinski definition) is 0. The lowest BCUT2D eigenvalue weighted by atomic mass is 9.83. The van der Waals surface area contributed by atoms with E-state index in [1.54, 1.807) is 0 Å². The topological polar surface area (TPSA) is 27.7 Å². The van der Waals surface area contributed by atoms with E-state index in [9.17, 15) is 0 Å². The minimum absolute atomic E-state index is 0.252. The molecule has 3 nitrogen and oxygen atoms in total. The van der Waals surface area contributed by atoms with Gasteiger partial charge in [0.15, 0.2) is 0 Å². The van der Waals surface area contributed by atoms with Gasteiger partial charge in [-0.3, -0.25) is 0 Å². The molecule has 0 heterocycles. The first-order valence-electron chi connectivity index (χ1n) is 17.9. The minimum atomic E-state index is -2.48. The van der Waals surface area contributed by atoms with Crippen LogP contribution >= 0.6 is 0 Å². The Kier molecular flexibility index (Phi) is 22.2. The molecular formula is C36H75AlO3. The summed E-state index contributed by atoms with van der Waals surface area (Å²) in [6.45, 7) is 27.8. The van der Waals surface area contributed by atoms with Crippen molar-refractivity contribution in [3.05, 3.63) is 0 Å². The summed E-state index contributed by atoms with van der Waals surface area (Å²) in [5.74, 6) is 1.60. The van der Waals surface area contributed by atoms with E-state index in [0.717, 1.165) is 0 Å². The number of hydrogen-bond acceptors (Lipinski definition) is 3. The summed E-state index contributed by atoms with van der Waals surface area (Å²) in [6, 6.07) is 0. The maximum atomic E-state index is 7.18. The van der Waals surface area contributed by atoms with Crippen molar-refractivity contribution in [1.29, 1.82) is 0 Å². The molecule has 4 heteroatoms. The van der Waals surface area contributed by atoms with Crippen molar-refractivity contribution >= 4 is 15.1 Å². The zero-order chi connectivity index (χ0) is 30.7. The monoisotopic (exact) mass is 583 g/mol. The second kappa shape index (κ2) is 22.0. The van der Waals surface area contributed by atoms with E-state index in [-0.39, 0.29) is 16.8 Å². The van der Waals surface area contributed by atoms with Gasteiger partial charge < -0.3 is 11.4 Å². The van der Waals surface area contributed by atoms with Crippen LogP contribution in [0.3, 0.4) is 0 Å². The Bertz CT molecular complexity index is 484. The Balaban J connectivity index is 6.25. The lowest BCUT2D eigenvalue weighted by Gasteiger charge is -2.44. The molecule has 0 unspecified atom stereocenters. The molecule has 0 aliphatic carbocycles. The molecule has 0 aromatic carbocycles. The molecule has 0 aromatic rings. The highest BCUT2D eigenvalue weighted by molar-refractivity contribution is 6.36. The molecule has 0 aliphatic rings. The van der Waals surface area contributed by atoms with Gasteiger partial charge in [0, 0.05) is 16.8 Å². The van der Waals surface area contributed by atoms with Crippen LogP contribution in [0.5, 0.6) is 0 Å². The zero-order valence-corrected chi connectivity index (χ0v) is 30.9. The number of unbranched alkanes of at least 4 members (excludes halogenated alkanes) is 6. The van der Waals surface area contributed by atoms with Crippen molar-refractivity contribution in [2.24, 2.45) is 17.8 Å². The van der Waals surface area contributed by atoms with Gasteiger partial charge >= 0.3 is 15.1 Å². The van der Waals surface area contributed by atoms with Gasteiger partial charge in [-0.2, -0.15) is 0 Å². The normalized spacial score (nSPS) is 13.3. The first-order chi connectivity index (χ1) is 18.8. The van der Waals surface area contributed by atoms with Crippen LogP contribution in [0, 0.1) is 17.8 Å². The van der Waals surface area contributed by atoms with Gasteiger partial charge in [0.2, 0.25) is 0 Å². The summed E-state index contributed by atoms with van der Waals surface area (Å²) in [6.07, 6.45) is 22.3. The van der Waals surface area contributed by atoms with Crippen molar-refractivity contribution in [2.75, 3.05) is 0 Å². The molecule has 0 spiro atoms. The lowest BCUT2D eigenvalue weighted by molar-refractivity contribution is -0.110. The molecule has 0 saturated carbocycles. The summed E-state index contributed by atoms with van der Waals surface area (Å²) in [7, 11) is 0. The van der Waals surface area contributed by atoms with Crippen molar-refractivity contribution < 1.29 is 11.4 Å². The first kappa shape index (κ1) is 40.4. The molecule has 0 saturated heterocycles. The van der Waals surface area contributed by atoms with Crippen LogP contribution in [0.4, 0.5) is 0 Å². The molecular weight excluding hydrogens is 507 g/mol. The SMILES string of the molecule is CCCCC(CCCC)C(C)(C)[O][Al]([O]C(C)(C)C(CCCC)CCCC)[O]C(C)(C)C(CCCC)CCCC. The van der Waals surface area contributed by atoms with Crippen LogP contribution in [0.25, 0.3) is 0 Å². The van der Waals surface area contributed by atoms with Gasteiger partial charge in [0.05, 0.1) is 0 Å². The Labute approximate surface area is 259 Å². The summed E-state index contributed by atoms with van der Waals surface area (Å²) in [5.41, 5.74) is -0.756. The Morgan fingerprint density at radius 1 is 0.375 bits per heavy atom. The average molecular weight is 583 g/mol. The Morgan fingerprint density at radius 2 is 0.550 bits per heavy atom. The van der Waals surface area contributed by atoms with Gasteiger partial charge in [0.25, 0.3) is 0 Å². The molecule has 0 aliphatic heterocycles. The van der Waals surface area contributed by atoms with Crippen LogP contribution < -0.4 is 0 Å². The third-order valence-corrected chi connectivity index (χ3v) is 12.0. The summed E-state index contributed by atoms with van der Waals surface area (Å²) < 4.78 is 21.5. The third kappa shape index (κ3) is 16.3. The third-order valence-electron chi connectivity index (χ3n) is 9.59. The summed E-state index contributed by atoms with van der Waals surface area (Å²) in [4.78, 5) is 0. The fourth-order valence-electron chi connectivity index (χ4n) is 6.33. The molecule has 40 heavy (non-hydrogen) atoms. The van der Waals surface area contributed by atoms with Crippen molar-refractivity contribution in [1.82, 2.24) is 0 Å². The van der Waals surface area contributed by atoms with E-state index >= 15 is 0 Å². The molecule has 0 bridgehead atoms. The molecule has 0 radical (unpaired) electrons. The Morgan fingerprint density at radius 3 is 0.700 bits per heavy atom. The fraction of sp³-hybridized carbons (Fsp3) is 1.00. The van der Waals surface area contributed by atoms with E-state index in [2.05, 4.69) is 83.1 Å². The zero-order valence-electron chi connectivity index (χ0n) is 29.8. The van der Waals surface area contributed by atoms with Crippen molar-refractivity contribution in [3.8, 4) is 0 Å². The fourth-order valence-corrected chi connectivity index (χ4v) is 8.54. The van der Waals surface area contributed by atoms with Gasteiger partial charge in [-0.05, 0) is 97.8 Å². The van der Waals surface area contributed by atoms with Crippen LogP contribution in [-0.2, 0) is 11.4 Å². The first-order valence-corrected chi connectivity index (χ1v) is 19.3. The molecule has 0 aromatic heterocycles. The summed E-state index contributed by atoms with van der Waals surface area (Å²) >= 11 is -2.48. The molecule has 0 amide bonds. The quantitative estimate of drug-likeness (QED) is 0.0901. The van der Waals surface area contributed by atoms with Crippen LogP contribution in [0.1, 0.15) is 199 Å². The van der Waals surface area contributed by atoms with Crippen molar-refractivity contribution in [2.45, 2.75) is 215 Å². The average Bonchev–Trinajstić information content (AvgIpc) is 2.87. The highest BCUT2D eigenvalue weighted by atomic mass is 27.3.